The van der Waals surface area contributed by atoms with Crippen LogP contribution in [0.3, 0.4) is 0 Å². The van der Waals surface area contributed by atoms with Crippen LogP contribution in [0.4, 0.5) is 0 Å². The van der Waals surface area contributed by atoms with E-state index in [4.69, 9.17) is 10.5 Å². The molecule has 0 aliphatic carbocycles. The molecule has 0 bridgehead atoms. The maximum atomic E-state index is 11.4. The van der Waals surface area contributed by atoms with Crippen LogP contribution in [-0.4, -0.2) is 34.2 Å². The molecule has 0 heterocycles. The lowest BCUT2D eigenvalue weighted by molar-refractivity contribution is -0.121. The van der Waals surface area contributed by atoms with Gasteiger partial charge < -0.3 is 10.2 Å². The molecule has 0 spiro atoms. The zero-order valence-corrected chi connectivity index (χ0v) is 18.8. The maximum absolute atomic E-state index is 11.4. The van der Waals surface area contributed by atoms with E-state index in [1.807, 2.05) is 27.7 Å². The van der Waals surface area contributed by atoms with Crippen molar-refractivity contribution in [2.24, 2.45) is 10.8 Å². The molecule has 0 fully saturated rings. The van der Waals surface area contributed by atoms with Gasteiger partial charge in [-0.25, -0.2) is 0 Å². The van der Waals surface area contributed by atoms with E-state index < -0.39 is 12.2 Å². The van der Waals surface area contributed by atoms with Gasteiger partial charge in [-0.05, 0) is 62.2 Å². The van der Waals surface area contributed by atoms with E-state index in [0.717, 1.165) is 12.8 Å². The average Bonchev–Trinajstić information content (AvgIpc) is 2.67. The Morgan fingerprint density at radius 2 is 1.07 bits per heavy atom. The molecule has 8 nitrogen and oxygen atoms in total. The van der Waals surface area contributed by atoms with E-state index >= 15 is 0 Å². The molecule has 2 unspecified atom stereocenters. The van der Waals surface area contributed by atoms with Gasteiger partial charge in [0.15, 0.2) is 12.4 Å². The molecule has 0 aliphatic rings. The summed E-state index contributed by atoms with van der Waals surface area (Å²) in [6, 6.07) is 0. The van der Waals surface area contributed by atoms with E-state index in [9.17, 15) is 19.8 Å². The number of hydrogen-bond donors (Lipinski definition) is 4. The summed E-state index contributed by atoms with van der Waals surface area (Å²) in [6.45, 7) is 8.14. The Balaban J connectivity index is 4.11. The minimum atomic E-state index is -0.505. The second kappa shape index (κ2) is 14.0. The van der Waals surface area contributed by atoms with Gasteiger partial charge in [0.05, 0.1) is 12.2 Å². The highest BCUT2D eigenvalue weighted by Crippen LogP contribution is 2.31. The summed E-state index contributed by atoms with van der Waals surface area (Å²) in [5.74, 6) is -0.578. The van der Waals surface area contributed by atoms with Crippen LogP contribution in [0.2, 0.25) is 0 Å². The summed E-state index contributed by atoms with van der Waals surface area (Å²) >= 11 is 0. The van der Waals surface area contributed by atoms with Crippen LogP contribution >= 0.6 is 0 Å². The Bertz CT molecular complexity index is 566. The van der Waals surface area contributed by atoms with Gasteiger partial charge in [-0.1, -0.05) is 27.7 Å². The number of aliphatic hydroxyl groups excluding tert-OH is 2. The third-order valence-electron chi connectivity index (χ3n) is 5.59. The van der Waals surface area contributed by atoms with Crippen molar-refractivity contribution >= 4 is 11.8 Å². The first kappa shape index (κ1) is 27.8. The number of carbonyl (C=O) groups excluding carboxylic acids is 2. The summed E-state index contributed by atoms with van der Waals surface area (Å²) in [5, 5.41) is 41.6. The zero-order chi connectivity index (χ0) is 23.2. The Morgan fingerprint density at radius 3 is 1.37 bits per heavy atom. The van der Waals surface area contributed by atoms with Gasteiger partial charge in [0.25, 0.3) is 0 Å². The summed E-state index contributed by atoms with van der Waals surface area (Å²) in [6.07, 6.45) is 7.79. The van der Waals surface area contributed by atoms with Gasteiger partial charge in [-0.2, -0.15) is 10.5 Å². The number of aliphatic hydroxyl groups is 2. The van der Waals surface area contributed by atoms with Gasteiger partial charge in [-0.3, -0.25) is 20.2 Å². The molecule has 0 aromatic carbocycles. The molecule has 0 rings (SSSR count). The fraction of sp³-hybridized carbons (Fsp3) is 0.818. The van der Waals surface area contributed by atoms with Gasteiger partial charge in [0, 0.05) is 12.8 Å². The molecule has 2 amide bonds. The number of nitrogens with zero attached hydrogens (tertiary/aromatic N) is 2. The van der Waals surface area contributed by atoms with Crippen molar-refractivity contribution in [1.82, 2.24) is 10.6 Å². The molecule has 170 valence electrons. The number of carbonyl (C=O) groups is 2. The molecule has 0 aromatic rings. The smallest absolute Gasteiger partial charge is 0.232 e. The third-order valence-corrected chi connectivity index (χ3v) is 5.59. The third kappa shape index (κ3) is 14.8. The standard InChI is InChI=1S/C22H38N4O4/c1-21(2,13-9-19(29)25-15-23)11-7-17(27)5-6-18(28)8-12-22(3,4)14-10-20(30)26-16-24/h17-18,27-28H,5-14H2,1-4H3,(H,25,29)(H,26,30). The lowest BCUT2D eigenvalue weighted by Crippen LogP contribution is -2.23. The van der Waals surface area contributed by atoms with Gasteiger partial charge in [-0.15, -0.1) is 0 Å². The second-order valence-corrected chi connectivity index (χ2v) is 9.61. The van der Waals surface area contributed by atoms with Crippen molar-refractivity contribution < 1.29 is 19.8 Å². The molecule has 30 heavy (non-hydrogen) atoms. The van der Waals surface area contributed by atoms with E-state index in [1.54, 1.807) is 12.4 Å². The zero-order valence-electron chi connectivity index (χ0n) is 18.8. The van der Waals surface area contributed by atoms with Crippen molar-refractivity contribution in [1.29, 1.82) is 10.5 Å². The van der Waals surface area contributed by atoms with Crippen LogP contribution < -0.4 is 10.6 Å². The van der Waals surface area contributed by atoms with E-state index in [1.165, 1.54) is 0 Å². The van der Waals surface area contributed by atoms with E-state index in [0.29, 0.717) is 38.5 Å². The van der Waals surface area contributed by atoms with Crippen molar-refractivity contribution in [3.05, 3.63) is 0 Å². The molecule has 8 heteroatoms. The molecular formula is C22H38N4O4. The largest absolute Gasteiger partial charge is 0.393 e. The van der Waals surface area contributed by atoms with Crippen LogP contribution in [0.1, 0.15) is 91.9 Å². The normalized spacial score (nSPS) is 13.6. The Hall–Kier alpha value is -2.16. The van der Waals surface area contributed by atoms with E-state index in [-0.39, 0.29) is 35.5 Å². The number of amides is 2. The minimum Gasteiger partial charge on any atom is -0.393 e. The fourth-order valence-corrected chi connectivity index (χ4v) is 3.19. The van der Waals surface area contributed by atoms with Crippen molar-refractivity contribution in [3.63, 3.8) is 0 Å². The molecule has 0 radical (unpaired) electrons. The van der Waals surface area contributed by atoms with Crippen LogP contribution in [0.5, 0.6) is 0 Å². The topological polar surface area (TPSA) is 146 Å². The van der Waals surface area contributed by atoms with Gasteiger partial charge >= 0.3 is 0 Å². The Morgan fingerprint density at radius 1 is 0.733 bits per heavy atom. The average molecular weight is 423 g/mol. The molecular weight excluding hydrogens is 384 g/mol. The van der Waals surface area contributed by atoms with Crippen LogP contribution in [0.25, 0.3) is 0 Å². The number of nitrogens with one attached hydrogen (secondary N) is 2. The molecule has 0 saturated heterocycles. The highest BCUT2D eigenvalue weighted by Gasteiger charge is 2.23. The summed E-state index contributed by atoms with van der Waals surface area (Å²) in [7, 11) is 0. The second-order valence-electron chi connectivity index (χ2n) is 9.61. The predicted octanol–water partition coefficient (Wildman–Crippen LogP) is 2.86. The summed E-state index contributed by atoms with van der Waals surface area (Å²) < 4.78 is 0. The molecule has 0 aliphatic heterocycles. The van der Waals surface area contributed by atoms with Gasteiger partial charge in [0.2, 0.25) is 11.8 Å². The quantitative estimate of drug-likeness (QED) is 0.236. The van der Waals surface area contributed by atoms with Crippen molar-refractivity contribution in [3.8, 4) is 12.4 Å². The van der Waals surface area contributed by atoms with Gasteiger partial charge in [0.1, 0.15) is 0 Å². The number of nitriles is 2. The first-order chi connectivity index (χ1) is 13.9. The molecule has 4 N–H and O–H groups in total. The maximum Gasteiger partial charge on any atom is 0.232 e. The number of rotatable bonds is 15. The monoisotopic (exact) mass is 422 g/mol. The highest BCUT2D eigenvalue weighted by molar-refractivity contribution is 5.77. The first-order valence-electron chi connectivity index (χ1n) is 10.6. The Kier molecular flexibility index (Phi) is 12.9. The van der Waals surface area contributed by atoms with Crippen LogP contribution in [-0.2, 0) is 9.59 Å². The van der Waals surface area contributed by atoms with Crippen LogP contribution in [0.15, 0.2) is 0 Å². The summed E-state index contributed by atoms with van der Waals surface area (Å²) in [4.78, 5) is 22.8. The lowest BCUT2D eigenvalue weighted by atomic mass is 9.81. The minimum absolute atomic E-state index is 0.117. The first-order valence-corrected chi connectivity index (χ1v) is 10.6. The predicted molar refractivity (Wildman–Crippen MR) is 113 cm³/mol. The Labute approximate surface area is 180 Å². The lowest BCUT2D eigenvalue weighted by Gasteiger charge is -2.27. The summed E-state index contributed by atoms with van der Waals surface area (Å²) in [5.41, 5.74) is -0.234. The van der Waals surface area contributed by atoms with Crippen molar-refractivity contribution in [2.75, 3.05) is 0 Å². The molecule has 0 aromatic heterocycles. The molecule has 0 saturated carbocycles. The SMILES string of the molecule is CC(C)(CCC(=O)NC#N)CCC(O)CCC(O)CCC(C)(C)CCC(=O)NC#N. The van der Waals surface area contributed by atoms with Crippen LogP contribution in [0, 0.1) is 33.7 Å². The molecule has 2 atom stereocenters. The number of hydrogen-bond acceptors (Lipinski definition) is 6. The highest BCUT2D eigenvalue weighted by atomic mass is 16.3. The van der Waals surface area contributed by atoms with Crippen molar-refractivity contribution in [2.45, 2.75) is 104 Å². The van der Waals surface area contributed by atoms with E-state index in [2.05, 4.69) is 10.6 Å². The fourth-order valence-electron chi connectivity index (χ4n) is 3.19.